The number of quaternary nitrogens is 1. The van der Waals surface area contributed by atoms with Crippen molar-refractivity contribution in [1.82, 2.24) is 0 Å². The molecule has 0 amide bonds. The molecule has 2 atom stereocenters. The third kappa shape index (κ3) is 4.21. The Balaban J connectivity index is 2.16. The number of ether oxygens (including phenoxy) is 4. The van der Waals surface area contributed by atoms with Gasteiger partial charge < -0.3 is 23.8 Å². The van der Waals surface area contributed by atoms with Gasteiger partial charge in [0, 0.05) is 11.5 Å². The number of nitrogens with one attached hydrogen (secondary N) is 1. The Kier molecular flexibility index (Phi) is 6.71. The van der Waals surface area contributed by atoms with Crippen LogP contribution in [0.4, 0.5) is 0 Å². The van der Waals surface area contributed by atoms with Gasteiger partial charge in [-0.25, -0.2) is 4.79 Å². The molecular formula is C22H28NO6+. The molecule has 1 heterocycles. The zero-order chi connectivity index (χ0) is 21.0. The second kappa shape index (κ2) is 9.24. The van der Waals surface area contributed by atoms with Crippen LogP contribution in [0.1, 0.15) is 18.4 Å². The maximum Gasteiger partial charge on any atom is 0.334 e. The SMILES string of the molecule is COC(=O)C1=C(C)C=C([NH+]2CCOCC2)[C@@H](C(=O)OC)[C@H]1c1ccc(OC)cc1. The Morgan fingerprint density at radius 1 is 1.03 bits per heavy atom. The molecule has 0 unspecified atom stereocenters. The highest BCUT2D eigenvalue weighted by molar-refractivity contribution is 5.94. The molecule has 0 bridgehead atoms. The normalized spacial score (nSPS) is 22.7. The number of morpholine rings is 1. The van der Waals surface area contributed by atoms with Crippen molar-refractivity contribution in [2.45, 2.75) is 12.8 Å². The van der Waals surface area contributed by atoms with Gasteiger partial charge in [0.05, 0.1) is 34.5 Å². The molecule has 7 heteroatoms. The number of benzene rings is 1. The van der Waals surface area contributed by atoms with E-state index >= 15 is 0 Å². The van der Waals surface area contributed by atoms with Crippen molar-refractivity contribution in [3.8, 4) is 5.75 Å². The summed E-state index contributed by atoms with van der Waals surface area (Å²) in [6, 6.07) is 7.42. The highest BCUT2D eigenvalue weighted by atomic mass is 16.5. The van der Waals surface area contributed by atoms with E-state index in [0.717, 1.165) is 29.9 Å². The van der Waals surface area contributed by atoms with E-state index in [0.29, 0.717) is 24.5 Å². The molecule has 0 aromatic heterocycles. The van der Waals surface area contributed by atoms with E-state index in [1.165, 1.54) is 19.1 Å². The molecule has 3 rings (SSSR count). The van der Waals surface area contributed by atoms with E-state index in [2.05, 4.69) is 0 Å². The first-order chi connectivity index (χ1) is 14.0. The van der Waals surface area contributed by atoms with Crippen molar-refractivity contribution in [2.75, 3.05) is 47.6 Å². The summed E-state index contributed by atoms with van der Waals surface area (Å²) in [4.78, 5) is 26.9. The smallest absolute Gasteiger partial charge is 0.334 e. The van der Waals surface area contributed by atoms with Gasteiger partial charge in [-0.3, -0.25) is 4.79 Å². The Labute approximate surface area is 170 Å². The minimum Gasteiger partial charge on any atom is -0.497 e. The molecule has 0 radical (unpaired) electrons. The van der Waals surface area contributed by atoms with Crippen LogP contribution >= 0.6 is 0 Å². The molecule has 1 aliphatic carbocycles. The lowest BCUT2D eigenvalue weighted by molar-refractivity contribution is -0.873. The zero-order valence-corrected chi connectivity index (χ0v) is 17.3. The van der Waals surface area contributed by atoms with E-state index in [-0.39, 0.29) is 5.97 Å². The number of carbonyl (C=O) groups is 2. The fourth-order valence-corrected chi connectivity index (χ4v) is 4.18. The minimum atomic E-state index is -0.626. The predicted molar refractivity (Wildman–Crippen MR) is 106 cm³/mol. The largest absolute Gasteiger partial charge is 0.497 e. The van der Waals surface area contributed by atoms with Gasteiger partial charge >= 0.3 is 11.9 Å². The average Bonchev–Trinajstić information content (AvgIpc) is 2.78. The lowest BCUT2D eigenvalue weighted by Gasteiger charge is -2.36. The quantitative estimate of drug-likeness (QED) is 0.737. The Hall–Kier alpha value is -2.64. The molecule has 156 valence electrons. The number of esters is 2. The van der Waals surface area contributed by atoms with E-state index in [1.807, 2.05) is 37.3 Å². The molecule has 29 heavy (non-hydrogen) atoms. The summed E-state index contributed by atoms with van der Waals surface area (Å²) in [5, 5.41) is 0. The van der Waals surface area contributed by atoms with Crippen molar-refractivity contribution in [3.63, 3.8) is 0 Å². The fraction of sp³-hybridized carbons (Fsp3) is 0.455. The molecule has 1 aromatic rings. The van der Waals surface area contributed by atoms with Gasteiger partial charge in [0.2, 0.25) is 0 Å². The molecular weight excluding hydrogens is 374 g/mol. The lowest BCUT2D eigenvalue weighted by Crippen LogP contribution is -3.13. The fourth-order valence-electron chi connectivity index (χ4n) is 4.18. The van der Waals surface area contributed by atoms with Crippen LogP contribution in [-0.2, 0) is 23.8 Å². The van der Waals surface area contributed by atoms with Gasteiger partial charge in [-0.2, -0.15) is 0 Å². The van der Waals surface area contributed by atoms with Crippen LogP contribution in [0.15, 0.2) is 47.2 Å². The van der Waals surface area contributed by atoms with E-state index in [1.54, 1.807) is 7.11 Å². The van der Waals surface area contributed by atoms with E-state index in [9.17, 15) is 9.59 Å². The summed E-state index contributed by atoms with van der Waals surface area (Å²) >= 11 is 0. The maximum absolute atomic E-state index is 13.0. The van der Waals surface area contributed by atoms with Crippen LogP contribution in [0.5, 0.6) is 5.75 Å². The summed E-state index contributed by atoms with van der Waals surface area (Å²) < 4.78 is 21.0. The summed E-state index contributed by atoms with van der Waals surface area (Å²) in [6.45, 7) is 4.65. The molecule has 7 nitrogen and oxygen atoms in total. The molecule has 0 spiro atoms. The van der Waals surface area contributed by atoms with Crippen molar-refractivity contribution in [1.29, 1.82) is 0 Å². The summed E-state index contributed by atoms with van der Waals surface area (Å²) in [7, 11) is 4.33. The topological polar surface area (TPSA) is 75.5 Å². The van der Waals surface area contributed by atoms with Crippen molar-refractivity contribution in [2.24, 2.45) is 5.92 Å². The zero-order valence-electron chi connectivity index (χ0n) is 17.3. The number of allylic oxidation sites excluding steroid dienone is 2. The van der Waals surface area contributed by atoms with Gasteiger partial charge in [0.25, 0.3) is 0 Å². The van der Waals surface area contributed by atoms with Crippen molar-refractivity contribution < 1.29 is 33.4 Å². The number of hydrogen-bond acceptors (Lipinski definition) is 6. The molecule has 1 aromatic carbocycles. The van der Waals surface area contributed by atoms with Crippen LogP contribution in [-0.4, -0.2) is 59.6 Å². The van der Waals surface area contributed by atoms with Gasteiger partial charge in [-0.15, -0.1) is 0 Å². The Morgan fingerprint density at radius 2 is 1.69 bits per heavy atom. The molecule has 1 fully saturated rings. The van der Waals surface area contributed by atoms with Crippen LogP contribution in [0.25, 0.3) is 0 Å². The second-order valence-electron chi connectivity index (χ2n) is 7.16. The van der Waals surface area contributed by atoms with Crippen LogP contribution in [0.3, 0.4) is 0 Å². The highest BCUT2D eigenvalue weighted by Gasteiger charge is 2.46. The highest BCUT2D eigenvalue weighted by Crippen LogP contribution is 2.42. The Bertz CT molecular complexity index is 820. The standard InChI is InChI=1S/C22H27NO6/c1-14-13-17(23-9-11-29-12-10-23)20(22(25)28-4)19(18(14)21(24)27-3)15-5-7-16(26-2)8-6-15/h5-8,13,19-20H,9-12H2,1-4H3/p+1/t19-,20+/m0/s1. The van der Waals surface area contributed by atoms with Crippen molar-refractivity contribution >= 4 is 11.9 Å². The molecule has 0 saturated carbocycles. The third-order valence-corrected chi connectivity index (χ3v) is 5.62. The molecule has 2 aliphatic rings. The Morgan fingerprint density at radius 3 is 2.24 bits per heavy atom. The minimum absolute atomic E-state index is 0.370. The summed E-state index contributed by atoms with van der Waals surface area (Å²) in [5.41, 5.74) is 3.03. The van der Waals surface area contributed by atoms with Crippen LogP contribution in [0, 0.1) is 5.92 Å². The van der Waals surface area contributed by atoms with Gasteiger partial charge in [-0.1, -0.05) is 12.1 Å². The third-order valence-electron chi connectivity index (χ3n) is 5.62. The average molecular weight is 402 g/mol. The molecule has 1 aliphatic heterocycles. The molecule has 1 saturated heterocycles. The van der Waals surface area contributed by atoms with Crippen molar-refractivity contribution in [3.05, 3.63) is 52.7 Å². The number of methoxy groups -OCH3 is 3. The summed E-state index contributed by atoms with van der Waals surface area (Å²) in [5.74, 6) is -1.24. The molecule has 1 N–H and O–H groups in total. The first-order valence-electron chi connectivity index (χ1n) is 9.67. The number of carbonyl (C=O) groups excluding carboxylic acids is 2. The maximum atomic E-state index is 13.0. The first kappa shape index (κ1) is 21.1. The summed E-state index contributed by atoms with van der Waals surface area (Å²) in [6.07, 6.45) is 1.94. The first-order valence-corrected chi connectivity index (χ1v) is 9.67. The van der Waals surface area contributed by atoms with Gasteiger partial charge in [-0.05, 0) is 36.3 Å². The monoisotopic (exact) mass is 402 g/mol. The van der Waals surface area contributed by atoms with E-state index < -0.39 is 17.8 Å². The van der Waals surface area contributed by atoms with E-state index in [4.69, 9.17) is 18.9 Å². The predicted octanol–water partition coefficient (Wildman–Crippen LogP) is 0.870. The van der Waals surface area contributed by atoms with Crippen LogP contribution in [0.2, 0.25) is 0 Å². The second-order valence-corrected chi connectivity index (χ2v) is 7.16. The van der Waals surface area contributed by atoms with Gasteiger partial charge in [0.1, 0.15) is 30.5 Å². The van der Waals surface area contributed by atoms with Crippen LogP contribution < -0.4 is 9.64 Å². The lowest BCUT2D eigenvalue weighted by atomic mass is 9.73. The number of hydrogen-bond donors (Lipinski definition) is 1. The number of rotatable bonds is 5. The van der Waals surface area contributed by atoms with Gasteiger partial charge in [0.15, 0.2) is 0 Å².